The first kappa shape index (κ1) is 18.8. The van der Waals surface area contributed by atoms with Gasteiger partial charge >= 0.3 is 0 Å². The molecular formula is C15H21N5O4S2. The lowest BCUT2D eigenvalue weighted by Crippen LogP contribution is -2.63. The first-order valence-electron chi connectivity index (χ1n) is 8.07. The minimum Gasteiger partial charge on any atom is -0.497 e. The number of nitrogens with one attached hydrogen (secondary N) is 1. The predicted octanol–water partition coefficient (Wildman–Crippen LogP) is 0.977. The summed E-state index contributed by atoms with van der Waals surface area (Å²) < 4.78 is 46.0. The summed E-state index contributed by atoms with van der Waals surface area (Å²) in [7, 11) is -4.55. The fraction of sp³-hybridized carbons (Fsp3) is 0.533. The summed E-state index contributed by atoms with van der Waals surface area (Å²) in [6.45, 7) is 4.82. The molecule has 0 saturated heterocycles. The Hall–Kier alpha value is -2.01. The Balaban J connectivity index is 2.35. The van der Waals surface area contributed by atoms with Gasteiger partial charge in [0.1, 0.15) is 5.75 Å². The van der Waals surface area contributed by atoms with E-state index in [-0.39, 0.29) is 5.84 Å². The molecule has 3 atom stereocenters. The van der Waals surface area contributed by atoms with Gasteiger partial charge in [-0.15, -0.1) is 9.51 Å². The van der Waals surface area contributed by atoms with E-state index in [2.05, 4.69) is 20.2 Å². The van der Waals surface area contributed by atoms with Crippen LogP contribution in [0.3, 0.4) is 0 Å². The maximum absolute atomic E-state index is 13.0. The number of nitrogens with zero attached hydrogens (tertiary/aromatic N) is 4. The van der Waals surface area contributed by atoms with E-state index < -0.39 is 30.6 Å². The summed E-state index contributed by atoms with van der Waals surface area (Å²) in [5.74, 6) is 0.829. The van der Waals surface area contributed by atoms with E-state index in [1.807, 2.05) is 13.8 Å². The largest absolute Gasteiger partial charge is 0.497 e. The Morgan fingerprint density at radius 2 is 1.85 bits per heavy atom. The van der Waals surface area contributed by atoms with Gasteiger partial charge in [-0.3, -0.25) is 9.63 Å². The number of rotatable bonds is 5. The molecule has 0 bridgehead atoms. The van der Waals surface area contributed by atoms with Gasteiger partial charge < -0.3 is 9.64 Å². The van der Waals surface area contributed by atoms with Gasteiger partial charge in [0.25, 0.3) is 14.2 Å². The maximum Gasteiger partial charge on any atom is 0.296 e. The third-order valence-electron chi connectivity index (χ3n) is 4.74. The van der Waals surface area contributed by atoms with Crippen molar-refractivity contribution < 1.29 is 17.4 Å². The van der Waals surface area contributed by atoms with Crippen LogP contribution >= 0.6 is 0 Å². The number of sulfonamides is 1. The molecule has 11 heteroatoms. The molecule has 1 aromatic rings. The summed E-state index contributed by atoms with van der Waals surface area (Å²) >= 11 is 0. The summed E-state index contributed by atoms with van der Waals surface area (Å²) in [5, 5.41) is 8.08. The average molecular weight is 399 g/mol. The summed E-state index contributed by atoms with van der Waals surface area (Å²) in [5.41, 5.74) is 1.50. The van der Waals surface area contributed by atoms with Gasteiger partial charge in [-0.05, 0) is 31.5 Å². The number of amidine groups is 1. The third kappa shape index (κ3) is 2.16. The van der Waals surface area contributed by atoms with Gasteiger partial charge in [0.2, 0.25) is 5.54 Å². The Bertz CT molecular complexity index is 895. The fourth-order valence-corrected chi connectivity index (χ4v) is 6.95. The SMILES string of the molecule is CCN(CC)C1=NS(=O)(=O)[C@@]2([S@@](C)=O)NN=N[C@@]12c1ccc(OC)cc1. The van der Waals surface area contributed by atoms with E-state index in [0.29, 0.717) is 24.4 Å². The number of ether oxygens (including phenoxy) is 1. The van der Waals surface area contributed by atoms with Crippen molar-refractivity contribution in [2.45, 2.75) is 23.6 Å². The molecule has 0 fully saturated rings. The summed E-state index contributed by atoms with van der Waals surface area (Å²) in [4.78, 5) is 1.79. The van der Waals surface area contributed by atoms with Crippen molar-refractivity contribution in [3.8, 4) is 5.75 Å². The molecule has 1 aromatic carbocycles. The van der Waals surface area contributed by atoms with Crippen molar-refractivity contribution in [3.05, 3.63) is 29.8 Å². The van der Waals surface area contributed by atoms with Crippen LogP contribution in [0.15, 0.2) is 39.0 Å². The van der Waals surface area contributed by atoms with Crippen LogP contribution in [0.2, 0.25) is 0 Å². The van der Waals surface area contributed by atoms with E-state index in [0.717, 1.165) is 0 Å². The maximum atomic E-state index is 13.0. The minimum atomic E-state index is -4.21. The van der Waals surface area contributed by atoms with E-state index in [9.17, 15) is 12.6 Å². The zero-order valence-electron chi connectivity index (χ0n) is 15.0. The third-order valence-corrected chi connectivity index (χ3v) is 8.80. The van der Waals surface area contributed by atoms with E-state index in [4.69, 9.17) is 4.74 Å². The van der Waals surface area contributed by atoms with Crippen LogP contribution in [-0.4, -0.2) is 54.0 Å². The van der Waals surface area contributed by atoms with Crippen LogP contribution < -0.4 is 10.2 Å². The second-order valence-corrected chi connectivity index (χ2v) is 9.41. The molecule has 2 aliphatic rings. The molecule has 142 valence electrons. The van der Waals surface area contributed by atoms with Crippen molar-refractivity contribution in [1.82, 2.24) is 10.3 Å². The minimum absolute atomic E-state index is 0.219. The number of fused-ring (bicyclic) bond motifs is 1. The van der Waals surface area contributed by atoms with Crippen molar-refractivity contribution in [3.63, 3.8) is 0 Å². The van der Waals surface area contributed by atoms with Gasteiger partial charge in [-0.2, -0.15) is 0 Å². The first-order valence-corrected chi connectivity index (χ1v) is 11.1. The fourth-order valence-electron chi connectivity index (χ4n) is 3.43. The molecule has 0 saturated carbocycles. The topological polar surface area (TPSA) is 113 Å². The van der Waals surface area contributed by atoms with Gasteiger partial charge in [0, 0.05) is 19.3 Å². The number of benzene rings is 1. The lowest BCUT2D eigenvalue weighted by molar-refractivity contribution is 0.400. The molecule has 0 unspecified atom stereocenters. The monoisotopic (exact) mass is 399 g/mol. The molecule has 0 amide bonds. The smallest absolute Gasteiger partial charge is 0.296 e. The molecule has 0 spiro atoms. The van der Waals surface area contributed by atoms with Crippen molar-refractivity contribution in [2.75, 3.05) is 26.5 Å². The number of likely N-dealkylation sites (N-methyl/N-ethyl adjacent to an activating group) is 1. The lowest BCUT2D eigenvalue weighted by atomic mass is 9.88. The Kier molecular flexibility index (Phi) is 4.55. The van der Waals surface area contributed by atoms with Crippen LogP contribution in [0.1, 0.15) is 19.4 Å². The van der Waals surface area contributed by atoms with Crippen LogP contribution in [0.4, 0.5) is 0 Å². The summed E-state index contributed by atoms with van der Waals surface area (Å²) in [6.07, 6.45) is 1.32. The number of hydrogen-bond donors (Lipinski definition) is 1. The van der Waals surface area contributed by atoms with Crippen molar-refractivity contribution >= 4 is 26.7 Å². The molecule has 26 heavy (non-hydrogen) atoms. The second-order valence-electron chi connectivity index (χ2n) is 5.88. The molecule has 0 radical (unpaired) electrons. The van der Waals surface area contributed by atoms with E-state index >= 15 is 0 Å². The Morgan fingerprint density at radius 3 is 2.35 bits per heavy atom. The number of hydrogen-bond acceptors (Lipinski definition) is 8. The Labute approximate surface area is 155 Å². The van der Waals surface area contributed by atoms with Gasteiger partial charge in [-0.25, -0.2) is 8.42 Å². The quantitative estimate of drug-likeness (QED) is 0.790. The highest BCUT2D eigenvalue weighted by atomic mass is 32.3. The molecule has 2 heterocycles. The normalized spacial score (nSPS) is 29.6. The highest BCUT2D eigenvalue weighted by Gasteiger charge is 2.75. The molecule has 2 aliphatic heterocycles. The standard InChI is InChI=1S/C15H21N5O4S2/c1-5-20(6-2)13-14(11-7-9-12(24-3)10-8-11)15(25(4)21,18-19-17-14)26(22,23)16-13/h7-10H,5-6H2,1-4H3,(H,17,18)/t14-,15+,25+/m0/s1. The average Bonchev–Trinajstić information content (AvgIpc) is 3.12. The van der Waals surface area contributed by atoms with Gasteiger partial charge in [-0.1, -0.05) is 17.4 Å². The van der Waals surface area contributed by atoms with Gasteiger partial charge in [0.05, 0.1) is 17.9 Å². The van der Waals surface area contributed by atoms with Gasteiger partial charge in [0.15, 0.2) is 5.84 Å². The highest BCUT2D eigenvalue weighted by molar-refractivity contribution is 8.07. The molecular weight excluding hydrogens is 378 g/mol. The van der Waals surface area contributed by atoms with Crippen LogP contribution in [0.5, 0.6) is 5.75 Å². The van der Waals surface area contributed by atoms with Crippen LogP contribution in [-0.2, 0) is 26.4 Å². The predicted molar refractivity (Wildman–Crippen MR) is 98.7 cm³/mol. The molecule has 1 N–H and O–H groups in total. The molecule has 3 rings (SSSR count). The Morgan fingerprint density at radius 1 is 1.23 bits per heavy atom. The van der Waals surface area contributed by atoms with E-state index in [1.54, 1.807) is 36.3 Å². The van der Waals surface area contributed by atoms with Crippen LogP contribution in [0, 0.1) is 0 Å². The summed E-state index contributed by atoms with van der Waals surface area (Å²) in [6, 6.07) is 6.80. The number of methoxy groups -OCH3 is 1. The van der Waals surface area contributed by atoms with Crippen molar-refractivity contribution in [2.24, 2.45) is 14.7 Å². The second kappa shape index (κ2) is 6.31. The first-order chi connectivity index (χ1) is 12.3. The lowest BCUT2D eigenvalue weighted by Gasteiger charge is -2.36. The van der Waals surface area contributed by atoms with Crippen molar-refractivity contribution in [1.29, 1.82) is 0 Å². The zero-order valence-corrected chi connectivity index (χ0v) is 16.6. The highest BCUT2D eigenvalue weighted by Crippen LogP contribution is 2.52. The molecule has 0 aliphatic carbocycles. The molecule has 0 aromatic heterocycles. The molecule has 9 nitrogen and oxygen atoms in total. The van der Waals surface area contributed by atoms with E-state index in [1.165, 1.54) is 6.26 Å². The zero-order chi connectivity index (χ0) is 19.2. The van der Waals surface area contributed by atoms with Crippen LogP contribution in [0.25, 0.3) is 0 Å².